The molecule has 0 heterocycles. The average Bonchev–Trinajstić information content (AvgIpc) is 2.00. The highest BCUT2D eigenvalue weighted by molar-refractivity contribution is 5.68. The fourth-order valence-corrected chi connectivity index (χ4v) is 0.892. The van der Waals surface area contributed by atoms with Crippen molar-refractivity contribution in [3.63, 3.8) is 0 Å². The Hall–Kier alpha value is -1.32. The second-order valence-electron chi connectivity index (χ2n) is 3.64. The molecule has 4 nitrogen and oxygen atoms in total. The third-order valence-corrected chi connectivity index (χ3v) is 1.46. The van der Waals surface area contributed by atoms with Gasteiger partial charge in [0.25, 0.3) is 6.29 Å². The minimum atomic E-state index is -0.904. The van der Waals surface area contributed by atoms with Crippen molar-refractivity contribution in [1.82, 2.24) is 0 Å². The Labute approximate surface area is 90.2 Å². The quantitative estimate of drug-likeness (QED) is 0.399. The number of hydrogen-bond acceptors (Lipinski definition) is 4. The van der Waals surface area contributed by atoms with Gasteiger partial charge < -0.3 is 9.47 Å². The third-order valence-electron chi connectivity index (χ3n) is 1.46. The molecule has 0 aliphatic heterocycles. The van der Waals surface area contributed by atoms with Gasteiger partial charge in [0.1, 0.15) is 0 Å². The number of carbonyl (C=O) groups excluding carboxylic acids is 2. The van der Waals surface area contributed by atoms with Gasteiger partial charge in [-0.05, 0) is 18.4 Å². The molecule has 0 aliphatic carbocycles. The van der Waals surface area contributed by atoms with E-state index in [1.54, 1.807) is 6.08 Å². The smallest absolute Gasteiger partial charge is 0.305 e. The first kappa shape index (κ1) is 13.7. The molecule has 0 aromatic rings. The first-order valence-corrected chi connectivity index (χ1v) is 4.93. The highest BCUT2D eigenvalue weighted by Gasteiger charge is 2.10. The van der Waals surface area contributed by atoms with Crippen LogP contribution in [0.1, 0.15) is 34.1 Å². The molecule has 0 fully saturated rings. The van der Waals surface area contributed by atoms with Gasteiger partial charge in [-0.3, -0.25) is 9.59 Å². The molecule has 0 aliphatic rings. The average molecular weight is 214 g/mol. The third kappa shape index (κ3) is 9.00. The van der Waals surface area contributed by atoms with Crippen LogP contribution in [-0.4, -0.2) is 18.2 Å². The summed E-state index contributed by atoms with van der Waals surface area (Å²) < 4.78 is 9.55. The molecule has 0 aromatic heterocycles. The molecule has 4 heteroatoms. The van der Waals surface area contributed by atoms with E-state index in [4.69, 9.17) is 9.47 Å². The summed E-state index contributed by atoms with van der Waals surface area (Å²) in [5.74, 6) is -0.442. The van der Waals surface area contributed by atoms with Gasteiger partial charge in [0.2, 0.25) is 0 Å². The topological polar surface area (TPSA) is 52.6 Å². The Morgan fingerprint density at radius 3 is 1.93 bits per heavy atom. The number of allylic oxidation sites excluding steroid dienone is 1. The minimum absolute atomic E-state index is 0.476. The van der Waals surface area contributed by atoms with Crippen LogP contribution in [0, 0.1) is 5.92 Å². The molecule has 0 radical (unpaired) electrons. The van der Waals surface area contributed by atoms with E-state index >= 15 is 0 Å². The van der Waals surface area contributed by atoms with Gasteiger partial charge >= 0.3 is 11.9 Å². The number of carbonyl (C=O) groups is 2. The number of rotatable bonds is 5. The van der Waals surface area contributed by atoms with Crippen molar-refractivity contribution in [2.45, 2.75) is 40.4 Å². The van der Waals surface area contributed by atoms with Crippen molar-refractivity contribution < 1.29 is 19.1 Å². The number of hydrogen-bond donors (Lipinski definition) is 0. The lowest BCUT2D eigenvalue weighted by Crippen LogP contribution is -2.20. The van der Waals surface area contributed by atoms with Crippen LogP contribution in [0.2, 0.25) is 0 Å². The molecule has 0 rings (SSSR count). The van der Waals surface area contributed by atoms with Gasteiger partial charge in [-0.1, -0.05) is 19.9 Å². The molecule has 86 valence electrons. The molecule has 0 aromatic carbocycles. The molecule has 0 unspecified atom stereocenters. The normalized spacial score (nSPS) is 11.1. The second kappa shape index (κ2) is 7.04. The maximum atomic E-state index is 10.7. The first-order chi connectivity index (χ1) is 6.91. The SMILES string of the molecule is CC(=O)OC(/C=C/CC(C)C)OC(C)=O. The lowest BCUT2D eigenvalue weighted by atomic mass is 10.1. The standard InChI is InChI=1S/C11H18O4/c1-8(2)6-5-7-11(14-9(3)12)15-10(4)13/h5,7-8,11H,6H2,1-4H3/b7-5+. The molecule has 15 heavy (non-hydrogen) atoms. The monoisotopic (exact) mass is 214 g/mol. The lowest BCUT2D eigenvalue weighted by molar-refractivity contribution is -0.176. The van der Waals surface area contributed by atoms with Gasteiger partial charge in [-0.25, -0.2) is 0 Å². The molecule has 0 saturated carbocycles. The summed E-state index contributed by atoms with van der Waals surface area (Å²) in [5.41, 5.74) is 0. The molecule has 0 atom stereocenters. The zero-order valence-electron chi connectivity index (χ0n) is 9.65. The fourth-order valence-electron chi connectivity index (χ4n) is 0.892. The highest BCUT2D eigenvalue weighted by atomic mass is 16.7. The zero-order valence-corrected chi connectivity index (χ0v) is 9.65. The molecule has 0 saturated heterocycles. The largest absolute Gasteiger partial charge is 0.421 e. The van der Waals surface area contributed by atoms with E-state index in [0.717, 1.165) is 6.42 Å². The summed E-state index contributed by atoms with van der Waals surface area (Å²) in [6, 6.07) is 0. The maximum absolute atomic E-state index is 10.7. The van der Waals surface area contributed by atoms with Gasteiger partial charge in [0, 0.05) is 13.8 Å². The number of esters is 2. The summed E-state index contributed by atoms with van der Waals surface area (Å²) in [5, 5.41) is 0. The van der Waals surface area contributed by atoms with E-state index in [2.05, 4.69) is 13.8 Å². The van der Waals surface area contributed by atoms with Crippen LogP contribution in [0.3, 0.4) is 0 Å². The molecule has 0 bridgehead atoms. The Kier molecular flexibility index (Phi) is 6.42. The van der Waals surface area contributed by atoms with Crippen LogP contribution in [0.4, 0.5) is 0 Å². The van der Waals surface area contributed by atoms with E-state index in [9.17, 15) is 9.59 Å². The summed E-state index contributed by atoms with van der Waals surface area (Å²) >= 11 is 0. The van der Waals surface area contributed by atoms with Crippen LogP contribution >= 0.6 is 0 Å². The highest BCUT2D eigenvalue weighted by Crippen LogP contribution is 2.04. The van der Waals surface area contributed by atoms with Crippen molar-refractivity contribution >= 4 is 11.9 Å². The first-order valence-electron chi connectivity index (χ1n) is 4.93. The molecule has 0 amide bonds. The van der Waals surface area contributed by atoms with Gasteiger partial charge in [0.15, 0.2) is 0 Å². The second-order valence-corrected chi connectivity index (χ2v) is 3.64. The summed E-state index contributed by atoms with van der Waals surface area (Å²) in [7, 11) is 0. The maximum Gasteiger partial charge on any atom is 0.305 e. The van der Waals surface area contributed by atoms with Crippen molar-refractivity contribution in [3.05, 3.63) is 12.2 Å². The van der Waals surface area contributed by atoms with E-state index in [-0.39, 0.29) is 0 Å². The Morgan fingerprint density at radius 2 is 1.60 bits per heavy atom. The molecular formula is C11H18O4. The Bertz CT molecular complexity index is 227. The number of ether oxygens (including phenoxy) is 2. The predicted octanol–water partition coefficient (Wildman–Crippen LogP) is 2.04. The summed E-state index contributed by atoms with van der Waals surface area (Å²) in [6.07, 6.45) is 3.35. The van der Waals surface area contributed by atoms with Crippen LogP contribution in [0.15, 0.2) is 12.2 Å². The molecule has 0 N–H and O–H groups in total. The van der Waals surface area contributed by atoms with Crippen LogP contribution in [0.5, 0.6) is 0 Å². The van der Waals surface area contributed by atoms with E-state index in [0.29, 0.717) is 5.92 Å². The van der Waals surface area contributed by atoms with E-state index in [1.807, 2.05) is 6.08 Å². The van der Waals surface area contributed by atoms with Crippen LogP contribution in [0.25, 0.3) is 0 Å². The van der Waals surface area contributed by atoms with E-state index in [1.165, 1.54) is 13.8 Å². The van der Waals surface area contributed by atoms with Crippen molar-refractivity contribution in [3.8, 4) is 0 Å². The summed E-state index contributed by atoms with van der Waals surface area (Å²) in [4.78, 5) is 21.4. The fraction of sp³-hybridized carbons (Fsp3) is 0.636. The van der Waals surface area contributed by atoms with Gasteiger partial charge in [-0.2, -0.15) is 0 Å². The van der Waals surface area contributed by atoms with Crippen molar-refractivity contribution in [2.24, 2.45) is 5.92 Å². The zero-order chi connectivity index (χ0) is 11.8. The lowest BCUT2D eigenvalue weighted by Gasteiger charge is -2.12. The Morgan fingerprint density at radius 1 is 1.13 bits per heavy atom. The van der Waals surface area contributed by atoms with Crippen LogP contribution < -0.4 is 0 Å². The summed E-state index contributed by atoms with van der Waals surface area (Å²) in [6.45, 7) is 6.67. The van der Waals surface area contributed by atoms with E-state index < -0.39 is 18.2 Å². The van der Waals surface area contributed by atoms with Crippen LogP contribution in [-0.2, 0) is 19.1 Å². The minimum Gasteiger partial charge on any atom is -0.421 e. The molecule has 0 spiro atoms. The predicted molar refractivity (Wildman–Crippen MR) is 55.9 cm³/mol. The van der Waals surface area contributed by atoms with Crippen molar-refractivity contribution in [2.75, 3.05) is 0 Å². The Balaban J connectivity index is 4.16. The van der Waals surface area contributed by atoms with Gasteiger partial charge in [0.05, 0.1) is 0 Å². The van der Waals surface area contributed by atoms with Crippen molar-refractivity contribution in [1.29, 1.82) is 0 Å². The van der Waals surface area contributed by atoms with Gasteiger partial charge in [-0.15, -0.1) is 0 Å². The molecular weight excluding hydrogens is 196 g/mol.